The lowest BCUT2D eigenvalue weighted by Crippen LogP contribution is -2.27. The van der Waals surface area contributed by atoms with Gasteiger partial charge in [-0.2, -0.15) is 0 Å². The minimum atomic E-state index is 0.0614. The fourth-order valence-electron chi connectivity index (χ4n) is 11.4. The molecule has 16 rings (SSSR count). The molecule has 70 heavy (non-hydrogen) atoms. The Hall–Kier alpha value is -8.42. The van der Waals surface area contributed by atoms with Gasteiger partial charge in [-0.3, -0.25) is 0 Å². The molecule has 2 atom stereocenters. The average Bonchev–Trinajstić information content (AvgIpc) is 4.02. The third kappa shape index (κ3) is 6.13. The van der Waals surface area contributed by atoms with Crippen LogP contribution in [-0.4, -0.2) is 19.9 Å². The molecular weight excluding hydrogens is 889 g/mol. The molecule has 9 aromatic carbocycles. The van der Waals surface area contributed by atoms with Gasteiger partial charge in [0.05, 0.1) is 22.8 Å². The molecule has 0 N–H and O–H groups in total. The molecule has 3 aliphatic rings. The number of hydrogen-bond donors (Lipinski definition) is 0. The fraction of sp³-hybridized carbons (Fsp3) is 0.0312. The minimum absolute atomic E-state index is 0.0614. The van der Waals surface area contributed by atoms with E-state index in [0.29, 0.717) is 0 Å². The summed E-state index contributed by atoms with van der Waals surface area (Å²) in [7, 11) is 0. The molecule has 0 saturated carbocycles. The van der Waals surface area contributed by atoms with E-state index in [2.05, 4.69) is 206 Å². The quantitative estimate of drug-likeness (QED) is 0.167. The van der Waals surface area contributed by atoms with Gasteiger partial charge in [-0.05, 0) is 81.9 Å². The largest absolute Gasteiger partial charge is 0.228 e. The van der Waals surface area contributed by atoms with Crippen LogP contribution in [0.4, 0.5) is 0 Å². The van der Waals surface area contributed by atoms with E-state index in [1.165, 1.54) is 73.7 Å². The summed E-state index contributed by atoms with van der Waals surface area (Å²) in [4.78, 5) is 21.3. The smallest absolute Gasteiger partial charge is 0.160 e. The molecule has 0 amide bonds. The summed E-state index contributed by atoms with van der Waals surface area (Å²) in [6.45, 7) is 0. The van der Waals surface area contributed by atoms with Crippen molar-refractivity contribution in [2.45, 2.75) is 11.8 Å². The first-order chi connectivity index (χ1) is 34.7. The van der Waals surface area contributed by atoms with E-state index < -0.39 is 0 Å². The predicted molar refractivity (Wildman–Crippen MR) is 291 cm³/mol. The lowest BCUT2D eigenvalue weighted by molar-refractivity contribution is 0.755. The number of hydrogen-bond acceptors (Lipinski definition) is 6. The highest BCUT2D eigenvalue weighted by molar-refractivity contribution is 7.26. The zero-order chi connectivity index (χ0) is 45.9. The van der Waals surface area contributed by atoms with E-state index in [0.717, 1.165) is 67.8 Å². The van der Waals surface area contributed by atoms with Gasteiger partial charge in [-0.25, -0.2) is 19.9 Å². The van der Waals surface area contributed by atoms with Crippen molar-refractivity contribution in [1.29, 1.82) is 0 Å². The summed E-state index contributed by atoms with van der Waals surface area (Å²) in [5, 5.41) is 4.99. The number of rotatable bonds is 6. The van der Waals surface area contributed by atoms with Gasteiger partial charge in [0.15, 0.2) is 11.6 Å². The van der Waals surface area contributed by atoms with Crippen molar-refractivity contribution in [1.82, 2.24) is 19.9 Å². The van der Waals surface area contributed by atoms with Gasteiger partial charge < -0.3 is 0 Å². The number of aromatic nitrogens is 4. The van der Waals surface area contributed by atoms with Gasteiger partial charge in [0.1, 0.15) is 0 Å². The van der Waals surface area contributed by atoms with Crippen LogP contribution >= 0.6 is 22.7 Å². The van der Waals surface area contributed by atoms with E-state index in [9.17, 15) is 0 Å². The highest BCUT2D eigenvalue weighted by Gasteiger charge is 2.41. The maximum atomic E-state index is 5.34. The van der Waals surface area contributed by atoms with Crippen LogP contribution < -0.4 is 0 Å². The Morgan fingerprint density at radius 2 is 0.657 bits per heavy atom. The van der Waals surface area contributed by atoms with Gasteiger partial charge in [0.25, 0.3) is 0 Å². The molecular formula is C64H38N4S2. The first-order valence-electron chi connectivity index (χ1n) is 23.8. The number of fused-ring (bicyclic) bond motifs is 6. The van der Waals surface area contributed by atoms with Crippen LogP contribution in [0.15, 0.2) is 218 Å². The standard InChI is InChI=1S/C64H38N4S2/c1-3-15-37(16-4-1)63-65-51(35-53(67-63)45-23-13-27-57-61(45)47-21-9-11-25-55(47)69-57)39-29-31-43-49(33-39)59-41-19-7-8-20-42(41)60(43)50-34-40(30-32-44(50)59)52-36-54(68-64(66-52)38-17-5-2-6-18-38)46-24-14-28-58-62(46)48-22-10-12-26-56(48)70-58/h1-36,59-60H. The molecule has 0 fully saturated rings. The van der Waals surface area contributed by atoms with Gasteiger partial charge in [-0.15, -0.1) is 22.7 Å². The molecule has 2 unspecified atom stereocenters. The van der Waals surface area contributed by atoms with Crippen LogP contribution in [0.3, 0.4) is 0 Å². The zero-order valence-electron chi connectivity index (χ0n) is 37.5. The Kier molecular flexibility index (Phi) is 8.79. The van der Waals surface area contributed by atoms with Gasteiger partial charge in [0.2, 0.25) is 0 Å². The summed E-state index contributed by atoms with van der Waals surface area (Å²) < 4.78 is 5.07. The molecule has 6 heteroatoms. The Morgan fingerprint density at radius 3 is 1.13 bits per heavy atom. The lowest BCUT2D eigenvalue weighted by atomic mass is 9.60. The number of thiophene rings is 2. The van der Waals surface area contributed by atoms with Crippen LogP contribution in [0.25, 0.3) is 108 Å². The van der Waals surface area contributed by atoms with E-state index in [4.69, 9.17) is 19.9 Å². The van der Waals surface area contributed by atoms with Crippen molar-refractivity contribution in [2.24, 2.45) is 0 Å². The summed E-state index contributed by atoms with van der Waals surface area (Å²) in [5.41, 5.74) is 18.1. The van der Waals surface area contributed by atoms with E-state index in [-0.39, 0.29) is 11.8 Å². The molecule has 4 nitrogen and oxygen atoms in total. The normalized spacial score (nSPS) is 14.6. The Bertz CT molecular complexity index is 3990. The van der Waals surface area contributed by atoms with Crippen LogP contribution in [0.5, 0.6) is 0 Å². The van der Waals surface area contributed by atoms with Gasteiger partial charge in [0, 0.05) is 85.6 Å². The minimum Gasteiger partial charge on any atom is -0.228 e. The lowest BCUT2D eigenvalue weighted by Gasteiger charge is -2.42. The highest BCUT2D eigenvalue weighted by atomic mass is 32.1. The van der Waals surface area contributed by atoms with Crippen molar-refractivity contribution < 1.29 is 0 Å². The van der Waals surface area contributed by atoms with Crippen LogP contribution in [0.2, 0.25) is 0 Å². The predicted octanol–water partition coefficient (Wildman–Crippen LogP) is 17.0. The molecule has 2 bridgehead atoms. The SMILES string of the molecule is c1ccc(-c2nc(-c3ccc4c(c3)C3c5ccccc5C4c4cc(-c5cc(-c6cccc7sc8ccccc8c67)nc(-c6ccccc6)n5)ccc43)cc(-c3cccc4sc5ccccc5c34)n2)cc1. The molecule has 0 saturated heterocycles. The van der Waals surface area contributed by atoms with Crippen molar-refractivity contribution in [3.63, 3.8) is 0 Å². The number of nitrogens with zero attached hydrogens (tertiary/aromatic N) is 4. The highest BCUT2D eigenvalue weighted by Crippen LogP contribution is 2.57. The first-order valence-corrected chi connectivity index (χ1v) is 25.4. The molecule has 4 aromatic heterocycles. The summed E-state index contributed by atoms with van der Waals surface area (Å²) in [6.07, 6.45) is 0. The second-order valence-electron chi connectivity index (χ2n) is 18.4. The van der Waals surface area contributed by atoms with Crippen LogP contribution in [0.1, 0.15) is 45.2 Å². The summed E-state index contributed by atoms with van der Waals surface area (Å²) >= 11 is 3.67. The second-order valence-corrected chi connectivity index (χ2v) is 20.6. The zero-order valence-corrected chi connectivity index (χ0v) is 39.2. The van der Waals surface area contributed by atoms with Gasteiger partial charge in [-0.1, -0.05) is 170 Å². The van der Waals surface area contributed by atoms with E-state index >= 15 is 0 Å². The average molecular weight is 927 g/mol. The van der Waals surface area contributed by atoms with E-state index in [1.54, 1.807) is 0 Å². The first kappa shape index (κ1) is 39.6. The molecule has 0 aliphatic heterocycles. The molecule has 326 valence electrons. The number of benzene rings is 9. The van der Waals surface area contributed by atoms with Crippen molar-refractivity contribution in [2.75, 3.05) is 0 Å². The van der Waals surface area contributed by atoms with Crippen LogP contribution in [0, 0.1) is 0 Å². The Labute approximate surface area is 411 Å². The molecule has 0 radical (unpaired) electrons. The molecule has 3 aliphatic carbocycles. The van der Waals surface area contributed by atoms with Crippen LogP contribution in [-0.2, 0) is 0 Å². The molecule has 4 heterocycles. The van der Waals surface area contributed by atoms with Crippen molar-refractivity contribution >= 4 is 63.0 Å². The molecule has 13 aromatic rings. The van der Waals surface area contributed by atoms with Gasteiger partial charge >= 0.3 is 0 Å². The van der Waals surface area contributed by atoms with Crippen molar-refractivity contribution in [3.05, 3.63) is 252 Å². The summed E-state index contributed by atoms with van der Waals surface area (Å²) in [6, 6.07) is 78.9. The third-order valence-electron chi connectivity index (χ3n) is 14.5. The van der Waals surface area contributed by atoms with Crippen molar-refractivity contribution in [3.8, 4) is 67.8 Å². The fourth-order valence-corrected chi connectivity index (χ4v) is 13.7. The topological polar surface area (TPSA) is 51.6 Å². The summed E-state index contributed by atoms with van der Waals surface area (Å²) in [5.74, 6) is 1.56. The maximum Gasteiger partial charge on any atom is 0.160 e. The Morgan fingerprint density at radius 1 is 0.271 bits per heavy atom. The molecule has 0 spiro atoms. The Balaban J connectivity index is 0.880. The third-order valence-corrected chi connectivity index (χ3v) is 16.8. The monoisotopic (exact) mass is 926 g/mol. The second kappa shape index (κ2) is 15.6. The maximum absolute atomic E-state index is 5.34. The van der Waals surface area contributed by atoms with E-state index in [1.807, 2.05) is 34.8 Å².